The normalized spacial score (nSPS) is 15.0. The Morgan fingerprint density at radius 1 is 0.581 bits per heavy atom. The number of fused-ring (bicyclic) bond motifs is 3. The lowest BCUT2D eigenvalue weighted by Gasteiger charge is -2.24. The fourth-order valence-electron chi connectivity index (χ4n) is 4.80. The first kappa shape index (κ1) is 21.1. The zero-order valence-corrected chi connectivity index (χ0v) is 22.9. The average Bonchev–Trinajstić information content (AvgIpc) is 3.44. The number of rotatable bonds is 4. The summed E-state index contributed by atoms with van der Waals surface area (Å²) in [4.78, 5) is 3.08. The molecule has 4 aromatic rings. The molecule has 5 rings (SSSR count). The number of hydrogen-bond donors (Lipinski definition) is 0. The maximum absolute atomic E-state index is 2.56. The zero-order chi connectivity index (χ0) is 22.0. The Morgan fingerprint density at radius 2 is 0.935 bits per heavy atom. The van der Waals surface area contributed by atoms with E-state index in [-0.39, 0.29) is 5.41 Å². The molecule has 0 aliphatic heterocycles. The SMILES string of the molecule is CC1(C)c2cc([Si](C)(C)c3ccccc3)sc2-c2sc([Si](C)(C)c3ccccc3)cc21. The Labute approximate surface area is 196 Å². The van der Waals surface area contributed by atoms with Crippen LogP contribution in [-0.2, 0) is 5.41 Å². The maximum atomic E-state index is 2.56. The number of hydrogen-bond acceptors (Lipinski definition) is 2. The molecule has 0 spiro atoms. The number of benzene rings is 2. The van der Waals surface area contributed by atoms with E-state index in [0.29, 0.717) is 0 Å². The van der Waals surface area contributed by atoms with Crippen LogP contribution < -0.4 is 19.4 Å². The Balaban J connectivity index is 1.61. The minimum atomic E-state index is -1.68. The van der Waals surface area contributed by atoms with E-state index in [9.17, 15) is 0 Å². The highest BCUT2D eigenvalue weighted by Gasteiger charge is 2.43. The van der Waals surface area contributed by atoms with Gasteiger partial charge in [-0.25, -0.2) is 0 Å². The molecule has 0 unspecified atom stereocenters. The van der Waals surface area contributed by atoms with E-state index >= 15 is 0 Å². The van der Waals surface area contributed by atoms with Crippen LogP contribution in [0.4, 0.5) is 0 Å². The van der Waals surface area contributed by atoms with Gasteiger partial charge in [0.1, 0.15) is 16.1 Å². The topological polar surface area (TPSA) is 0 Å². The van der Waals surface area contributed by atoms with Gasteiger partial charge in [0, 0.05) is 15.2 Å². The van der Waals surface area contributed by atoms with E-state index in [2.05, 4.69) is 136 Å². The monoisotopic (exact) mass is 474 g/mol. The lowest BCUT2D eigenvalue weighted by Crippen LogP contribution is -2.51. The minimum Gasteiger partial charge on any atom is -0.143 e. The molecule has 158 valence electrons. The molecule has 0 saturated carbocycles. The Kier molecular flexibility index (Phi) is 4.87. The highest BCUT2D eigenvalue weighted by Crippen LogP contribution is 2.53. The van der Waals surface area contributed by atoms with Crippen LogP contribution in [0, 0.1) is 0 Å². The van der Waals surface area contributed by atoms with Crippen molar-refractivity contribution in [1.82, 2.24) is 0 Å². The van der Waals surface area contributed by atoms with Gasteiger partial charge in [0.05, 0.1) is 0 Å². The molecule has 0 atom stereocenters. The lowest BCUT2D eigenvalue weighted by molar-refractivity contribution is 0.664. The van der Waals surface area contributed by atoms with Crippen LogP contribution >= 0.6 is 22.7 Å². The van der Waals surface area contributed by atoms with E-state index < -0.39 is 16.1 Å². The van der Waals surface area contributed by atoms with E-state index in [4.69, 9.17) is 0 Å². The molecule has 31 heavy (non-hydrogen) atoms. The molecule has 0 amide bonds. The van der Waals surface area contributed by atoms with Crippen LogP contribution in [-0.4, -0.2) is 16.1 Å². The second-order valence-corrected chi connectivity index (χ2v) is 21.9. The Morgan fingerprint density at radius 3 is 1.29 bits per heavy atom. The molecule has 0 nitrogen and oxygen atoms in total. The van der Waals surface area contributed by atoms with Crippen molar-refractivity contribution in [3.63, 3.8) is 0 Å². The molecular weight excluding hydrogens is 445 g/mol. The van der Waals surface area contributed by atoms with Crippen LogP contribution in [0.1, 0.15) is 25.0 Å². The fourth-order valence-corrected chi connectivity index (χ4v) is 14.1. The van der Waals surface area contributed by atoms with Crippen LogP contribution in [0.3, 0.4) is 0 Å². The first-order valence-corrected chi connectivity index (χ1v) is 18.7. The van der Waals surface area contributed by atoms with Gasteiger partial charge in [-0.1, -0.05) is 111 Å². The quantitative estimate of drug-likeness (QED) is 0.330. The molecule has 4 heteroatoms. The summed E-state index contributed by atoms with van der Waals surface area (Å²) in [5.41, 5.74) is 3.20. The lowest BCUT2D eigenvalue weighted by atomic mass is 9.84. The fraction of sp³-hybridized carbons (Fsp3) is 0.259. The molecule has 0 fully saturated rings. The van der Waals surface area contributed by atoms with E-state index in [1.807, 2.05) is 0 Å². The molecule has 0 radical (unpaired) electrons. The summed E-state index contributed by atoms with van der Waals surface area (Å²) in [6.07, 6.45) is 0. The van der Waals surface area contributed by atoms with Gasteiger partial charge in [-0.15, -0.1) is 22.7 Å². The van der Waals surface area contributed by atoms with Crippen LogP contribution in [0.25, 0.3) is 9.75 Å². The van der Waals surface area contributed by atoms with Gasteiger partial charge in [0.25, 0.3) is 0 Å². The van der Waals surface area contributed by atoms with E-state index in [0.717, 1.165) is 0 Å². The summed E-state index contributed by atoms with van der Waals surface area (Å²) in [7, 11) is -3.37. The Hall–Kier alpha value is -1.73. The van der Waals surface area contributed by atoms with E-state index in [1.165, 1.54) is 10.4 Å². The molecule has 2 aromatic carbocycles. The van der Waals surface area contributed by atoms with Gasteiger partial charge < -0.3 is 0 Å². The molecule has 0 saturated heterocycles. The van der Waals surface area contributed by atoms with Crippen molar-refractivity contribution in [3.05, 3.63) is 83.9 Å². The number of thiophene rings is 2. The third-order valence-electron chi connectivity index (χ3n) is 7.24. The second kappa shape index (κ2) is 7.14. The van der Waals surface area contributed by atoms with Crippen molar-refractivity contribution < 1.29 is 0 Å². The maximum Gasteiger partial charge on any atom is 0.124 e. The predicted octanol–water partition coefficient (Wildman–Crippen LogP) is 5.76. The van der Waals surface area contributed by atoms with Crippen LogP contribution in [0.2, 0.25) is 26.2 Å². The molecule has 2 aromatic heterocycles. The highest BCUT2D eigenvalue weighted by molar-refractivity contribution is 7.36. The Bertz CT molecular complexity index is 1150. The van der Waals surface area contributed by atoms with Crippen LogP contribution in [0.15, 0.2) is 72.8 Å². The molecule has 1 aliphatic carbocycles. The van der Waals surface area contributed by atoms with Crippen molar-refractivity contribution in [2.75, 3.05) is 0 Å². The van der Waals surface area contributed by atoms with Crippen molar-refractivity contribution in [2.45, 2.75) is 45.5 Å². The third-order valence-corrected chi connectivity index (χ3v) is 19.3. The van der Waals surface area contributed by atoms with Gasteiger partial charge in [-0.05, 0) is 32.3 Å². The zero-order valence-electron chi connectivity index (χ0n) is 19.2. The predicted molar refractivity (Wildman–Crippen MR) is 146 cm³/mol. The molecular formula is C27H30S2Si2. The largest absolute Gasteiger partial charge is 0.143 e. The van der Waals surface area contributed by atoms with Crippen molar-refractivity contribution in [2.24, 2.45) is 0 Å². The summed E-state index contributed by atoms with van der Waals surface area (Å²) in [6, 6.07) is 27.4. The molecule has 2 heterocycles. The first-order valence-electron chi connectivity index (χ1n) is 11.0. The van der Waals surface area contributed by atoms with Gasteiger partial charge in [0.2, 0.25) is 0 Å². The third kappa shape index (κ3) is 3.19. The van der Waals surface area contributed by atoms with Crippen LogP contribution in [0.5, 0.6) is 0 Å². The summed E-state index contributed by atoms with van der Waals surface area (Å²) in [5, 5.41) is 3.05. The van der Waals surface area contributed by atoms with E-state index in [1.54, 1.807) is 29.9 Å². The first-order chi connectivity index (χ1) is 14.6. The smallest absolute Gasteiger partial charge is 0.124 e. The van der Waals surface area contributed by atoms with Crippen molar-refractivity contribution in [1.29, 1.82) is 0 Å². The molecule has 0 bridgehead atoms. The van der Waals surface area contributed by atoms with Gasteiger partial charge in [0.15, 0.2) is 0 Å². The molecule has 1 aliphatic rings. The average molecular weight is 475 g/mol. The minimum absolute atomic E-state index is 0.0938. The summed E-state index contributed by atoms with van der Waals surface area (Å²) in [5.74, 6) is 0. The summed E-state index contributed by atoms with van der Waals surface area (Å²) in [6.45, 7) is 14.9. The van der Waals surface area contributed by atoms with Gasteiger partial charge in [-0.2, -0.15) is 0 Å². The second-order valence-electron chi connectivity index (χ2n) is 10.3. The van der Waals surface area contributed by atoms with Crippen molar-refractivity contribution in [3.8, 4) is 9.75 Å². The summed E-state index contributed by atoms with van der Waals surface area (Å²) < 4.78 is 3.22. The molecule has 0 N–H and O–H groups in total. The van der Waals surface area contributed by atoms with Crippen molar-refractivity contribution >= 4 is 58.2 Å². The standard InChI is InChI=1S/C27H30S2Si2/c1-27(2)21-17-23(30(3,4)19-13-9-7-10-14-19)28-25(21)26-22(27)18-24(29-26)31(5,6)20-15-11-8-12-16-20/h7-18H,1-6H3. The highest BCUT2D eigenvalue weighted by atomic mass is 32.1. The van der Waals surface area contributed by atoms with Gasteiger partial charge in [-0.3, -0.25) is 0 Å². The summed E-state index contributed by atoms with van der Waals surface area (Å²) >= 11 is 4.15. The van der Waals surface area contributed by atoms with Gasteiger partial charge >= 0.3 is 0 Å².